The summed E-state index contributed by atoms with van der Waals surface area (Å²) in [6, 6.07) is 11.7. The highest BCUT2D eigenvalue weighted by atomic mass is 35.5. The van der Waals surface area contributed by atoms with E-state index in [2.05, 4.69) is 5.32 Å². The summed E-state index contributed by atoms with van der Waals surface area (Å²) in [6.45, 7) is 8.06. The van der Waals surface area contributed by atoms with E-state index in [0.29, 0.717) is 27.7 Å². The first-order valence-corrected chi connectivity index (χ1v) is 15.6. The van der Waals surface area contributed by atoms with Crippen molar-refractivity contribution in [3.8, 4) is 0 Å². The molecule has 38 heavy (non-hydrogen) atoms. The van der Waals surface area contributed by atoms with Gasteiger partial charge in [0.15, 0.2) is 0 Å². The molecule has 0 aliphatic carbocycles. The Morgan fingerprint density at radius 2 is 1.66 bits per heavy atom. The SMILES string of the molecule is CCc1ccc(N(CCCC(=O)N(Cc2ccc(Cl)cc2Cl)C(CC)C(=O)NC(C)CC)S(C)(=O)=O)cc1. The molecule has 2 unspecified atom stereocenters. The van der Waals surface area contributed by atoms with Crippen molar-refractivity contribution in [1.29, 1.82) is 0 Å². The van der Waals surface area contributed by atoms with Crippen LogP contribution in [0, 0.1) is 0 Å². The number of carbonyl (C=O) groups is 2. The predicted molar refractivity (Wildman–Crippen MR) is 156 cm³/mol. The zero-order valence-electron chi connectivity index (χ0n) is 22.8. The van der Waals surface area contributed by atoms with Crippen molar-refractivity contribution < 1.29 is 18.0 Å². The lowest BCUT2D eigenvalue weighted by molar-refractivity contribution is -0.141. The van der Waals surface area contributed by atoms with Crippen molar-refractivity contribution in [2.75, 3.05) is 17.1 Å². The molecule has 10 heteroatoms. The summed E-state index contributed by atoms with van der Waals surface area (Å²) in [4.78, 5) is 28.2. The Hall–Kier alpha value is -2.29. The maximum atomic E-state index is 13.5. The van der Waals surface area contributed by atoms with Gasteiger partial charge in [-0.15, -0.1) is 0 Å². The summed E-state index contributed by atoms with van der Waals surface area (Å²) in [5.74, 6) is -0.481. The molecule has 0 saturated heterocycles. The fourth-order valence-electron chi connectivity index (χ4n) is 4.10. The average molecular weight is 585 g/mol. The molecule has 2 atom stereocenters. The van der Waals surface area contributed by atoms with Crippen LogP contribution in [0.1, 0.15) is 64.5 Å². The molecule has 7 nitrogen and oxygen atoms in total. The van der Waals surface area contributed by atoms with E-state index < -0.39 is 16.1 Å². The lowest BCUT2D eigenvalue weighted by atomic mass is 10.1. The van der Waals surface area contributed by atoms with Gasteiger partial charge in [-0.1, -0.05) is 62.2 Å². The van der Waals surface area contributed by atoms with E-state index in [1.165, 1.54) is 9.21 Å². The Labute approximate surface area is 237 Å². The van der Waals surface area contributed by atoms with Gasteiger partial charge in [-0.2, -0.15) is 0 Å². The number of halogens is 2. The molecule has 0 heterocycles. The van der Waals surface area contributed by atoms with Crippen molar-refractivity contribution in [2.24, 2.45) is 0 Å². The number of nitrogens with one attached hydrogen (secondary N) is 1. The topological polar surface area (TPSA) is 86.8 Å². The highest BCUT2D eigenvalue weighted by molar-refractivity contribution is 7.92. The van der Waals surface area contributed by atoms with E-state index >= 15 is 0 Å². The van der Waals surface area contributed by atoms with Crippen molar-refractivity contribution in [2.45, 2.75) is 78.4 Å². The molecule has 0 aromatic heterocycles. The fourth-order valence-corrected chi connectivity index (χ4v) is 5.53. The van der Waals surface area contributed by atoms with Crippen LogP contribution in [-0.4, -0.2) is 50.0 Å². The fraction of sp³-hybridized carbons (Fsp3) is 0.500. The van der Waals surface area contributed by atoms with E-state index in [-0.39, 0.29) is 43.8 Å². The minimum Gasteiger partial charge on any atom is -0.352 e. The van der Waals surface area contributed by atoms with Crippen LogP contribution in [0.15, 0.2) is 42.5 Å². The smallest absolute Gasteiger partial charge is 0.243 e. The number of nitrogens with zero attached hydrogens (tertiary/aromatic N) is 2. The first kappa shape index (κ1) is 31.9. The van der Waals surface area contributed by atoms with E-state index in [4.69, 9.17) is 23.2 Å². The molecule has 0 bridgehead atoms. The van der Waals surface area contributed by atoms with Crippen LogP contribution in [0.3, 0.4) is 0 Å². The largest absolute Gasteiger partial charge is 0.352 e. The first-order chi connectivity index (χ1) is 17.9. The molecule has 0 saturated carbocycles. The highest BCUT2D eigenvalue weighted by Crippen LogP contribution is 2.25. The summed E-state index contributed by atoms with van der Waals surface area (Å²) >= 11 is 12.5. The molecule has 2 amide bonds. The van der Waals surface area contributed by atoms with Gasteiger partial charge in [0, 0.05) is 35.6 Å². The van der Waals surface area contributed by atoms with Crippen molar-refractivity contribution in [3.05, 3.63) is 63.6 Å². The number of hydrogen-bond acceptors (Lipinski definition) is 4. The van der Waals surface area contributed by atoms with Gasteiger partial charge < -0.3 is 10.2 Å². The van der Waals surface area contributed by atoms with E-state index in [1.807, 2.05) is 39.8 Å². The summed E-state index contributed by atoms with van der Waals surface area (Å²) in [5.41, 5.74) is 2.34. The third-order valence-electron chi connectivity index (χ3n) is 6.53. The number of amides is 2. The Morgan fingerprint density at radius 3 is 2.18 bits per heavy atom. The number of rotatable bonds is 14. The van der Waals surface area contributed by atoms with Crippen molar-refractivity contribution >= 4 is 50.7 Å². The van der Waals surface area contributed by atoms with E-state index in [1.54, 1.807) is 30.3 Å². The second-order valence-electron chi connectivity index (χ2n) is 9.46. The molecule has 0 radical (unpaired) electrons. The van der Waals surface area contributed by atoms with Gasteiger partial charge in [0.25, 0.3) is 0 Å². The number of aryl methyl sites for hydroxylation is 1. The molecule has 0 aliphatic heterocycles. The van der Waals surface area contributed by atoms with Gasteiger partial charge in [0.1, 0.15) is 6.04 Å². The second-order valence-corrected chi connectivity index (χ2v) is 12.2. The Kier molecular flexibility index (Phi) is 12.4. The Bertz CT molecular complexity index is 1190. The molecule has 2 rings (SSSR count). The Morgan fingerprint density at radius 1 is 1.00 bits per heavy atom. The monoisotopic (exact) mass is 583 g/mol. The van der Waals surface area contributed by atoms with Crippen LogP contribution in [0.25, 0.3) is 0 Å². The first-order valence-electron chi connectivity index (χ1n) is 13.0. The van der Waals surface area contributed by atoms with Crippen LogP contribution in [-0.2, 0) is 32.6 Å². The summed E-state index contributed by atoms with van der Waals surface area (Å²) in [5, 5.41) is 3.86. The molecule has 0 spiro atoms. The van der Waals surface area contributed by atoms with Crippen molar-refractivity contribution in [3.63, 3.8) is 0 Å². The Balaban J connectivity index is 2.25. The lowest BCUT2D eigenvalue weighted by Gasteiger charge is -2.32. The number of hydrogen-bond donors (Lipinski definition) is 1. The zero-order chi connectivity index (χ0) is 28.5. The molecular formula is C28H39Cl2N3O4S. The number of sulfonamides is 1. The summed E-state index contributed by atoms with van der Waals surface area (Å²) < 4.78 is 26.4. The summed E-state index contributed by atoms with van der Waals surface area (Å²) in [7, 11) is -3.55. The van der Waals surface area contributed by atoms with Gasteiger partial charge in [-0.25, -0.2) is 8.42 Å². The van der Waals surface area contributed by atoms with Crippen molar-refractivity contribution in [1.82, 2.24) is 10.2 Å². The highest BCUT2D eigenvalue weighted by Gasteiger charge is 2.30. The third kappa shape index (κ3) is 9.17. The van der Waals surface area contributed by atoms with Gasteiger partial charge >= 0.3 is 0 Å². The van der Waals surface area contributed by atoms with Gasteiger partial charge in [-0.05, 0) is 68.0 Å². The quantitative estimate of drug-likeness (QED) is 0.303. The molecule has 2 aromatic carbocycles. The van der Waals surface area contributed by atoms with E-state index in [0.717, 1.165) is 24.7 Å². The maximum absolute atomic E-state index is 13.5. The number of anilines is 1. The molecular weight excluding hydrogens is 545 g/mol. The average Bonchev–Trinajstić information content (AvgIpc) is 2.86. The molecule has 1 N–H and O–H groups in total. The number of carbonyl (C=O) groups excluding carboxylic acids is 2. The standard InChI is InChI=1S/C28H39Cl2N3O4S/c1-6-20(4)31-28(35)26(8-3)32(19-22-13-14-23(29)18-25(22)30)27(34)10-9-17-33(38(5,36)37)24-15-11-21(7-2)12-16-24/h11-16,18,20,26H,6-10,17,19H2,1-5H3,(H,31,35). The second kappa shape index (κ2) is 14.8. The lowest BCUT2D eigenvalue weighted by Crippen LogP contribution is -2.50. The minimum atomic E-state index is -3.55. The van der Waals surface area contributed by atoms with Gasteiger partial charge in [0.05, 0.1) is 11.9 Å². The summed E-state index contributed by atoms with van der Waals surface area (Å²) in [6.07, 6.45) is 3.54. The predicted octanol–water partition coefficient (Wildman–Crippen LogP) is 5.82. The minimum absolute atomic E-state index is 0.0324. The van der Waals surface area contributed by atoms with E-state index in [9.17, 15) is 18.0 Å². The van der Waals surface area contributed by atoms with Crippen LogP contribution in [0.5, 0.6) is 0 Å². The van der Waals surface area contributed by atoms with Gasteiger partial charge in [0.2, 0.25) is 21.8 Å². The maximum Gasteiger partial charge on any atom is 0.243 e. The van der Waals surface area contributed by atoms with Crippen LogP contribution >= 0.6 is 23.2 Å². The number of benzene rings is 2. The van der Waals surface area contributed by atoms with Crippen LogP contribution in [0.2, 0.25) is 10.0 Å². The molecule has 0 fully saturated rings. The molecule has 210 valence electrons. The molecule has 2 aromatic rings. The molecule has 0 aliphatic rings. The third-order valence-corrected chi connectivity index (χ3v) is 8.31. The normalized spacial score (nSPS) is 13.0. The van der Waals surface area contributed by atoms with Gasteiger partial charge in [-0.3, -0.25) is 13.9 Å². The van der Waals surface area contributed by atoms with Crippen LogP contribution in [0.4, 0.5) is 5.69 Å². The van der Waals surface area contributed by atoms with Crippen LogP contribution < -0.4 is 9.62 Å². The zero-order valence-corrected chi connectivity index (χ0v) is 25.2.